The van der Waals surface area contributed by atoms with E-state index >= 15 is 0 Å². The molecule has 0 saturated carbocycles. The zero-order valence-electron chi connectivity index (χ0n) is 14.5. The first-order valence-electron chi connectivity index (χ1n) is 7.89. The average molecular weight is 357 g/mol. The van der Waals surface area contributed by atoms with Crippen molar-refractivity contribution >= 4 is 23.1 Å². The summed E-state index contributed by atoms with van der Waals surface area (Å²) in [4.78, 5) is 32.3. The summed E-state index contributed by atoms with van der Waals surface area (Å²) in [7, 11) is 0. The Balaban J connectivity index is 2.13. The van der Waals surface area contributed by atoms with Crippen LogP contribution in [0.25, 0.3) is 16.5 Å². The van der Waals surface area contributed by atoms with Crippen LogP contribution in [0.15, 0.2) is 28.4 Å². The second-order valence-corrected chi connectivity index (χ2v) is 7.00. The molecule has 0 radical (unpaired) electrons. The molecule has 8 heteroatoms. The van der Waals surface area contributed by atoms with Gasteiger partial charge in [-0.1, -0.05) is 19.9 Å². The zero-order valence-corrected chi connectivity index (χ0v) is 15.3. The van der Waals surface area contributed by atoms with Gasteiger partial charge in [-0.25, -0.2) is 4.98 Å². The van der Waals surface area contributed by atoms with Crippen LogP contribution < -0.4 is 10.9 Å². The Morgan fingerprint density at radius 2 is 2.12 bits per heavy atom. The highest BCUT2D eigenvalue weighted by molar-refractivity contribution is 7.13. The van der Waals surface area contributed by atoms with E-state index in [-0.39, 0.29) is 23.3 Å². The first-order valence-corrected chi connectivity index (χ1v) is 8.77. The number of carbonyl (C=O) groups is 1. The Morgan fingerprint density at radius 3 is 2.72 bits per heavy atom. The predicted octanol–water partition coefficient (Wildman–Crippen LogP) is 2.90. The normalized spacial score (nSPS) is 11.1. The number of aromatic amines is 1. The van der Waals surface area contributed by atoms with E-state index in [1.807, 2.05) is 31.4 Å². The van der Waals surface area contributed by atoms with Crippen molar-refractivity contribution in [3.8, 4) is 16.5 Å². The fourth-order valence-corrected chi connectivity index (χ4v) is 2.86. The lowest BCUT2D eigenvalue weighted by Gasteiger charge is -2.10. The molecule has 3 heterocycles. The van der Waals surface area contributed by atoms with E-state index in [2.05, 4.69) is 20.4 Å². The number of hydrogen-bond donors (Lipinski definition) is 2. The van der Waals surface area contributed by atoms with E-state index in [9.17, 15) is 9.59 Å². The molecule has 0 aliphatic rings. The molecule has 130 valence electrons. The van der Waals surface area contributed by atoms with Crippen molar-refractivity contribution in [1.29, 1.82) is 0 Å². The third-order valence-electron chi connectivity index (χ3n) is 3.84. The van der Waals surface area contributed by atoms with Crippen molar-refractivity contribution in [2.75, 3.05) is 5.32 Å². The molecule has 0 unspecified atom stereocenters. The molecular weight excluding hydrogens is 338 g/mol. The maximum absolute atomic E-state index is 12.1. The lowest BCUT2D eigenvalue weighted by molar-refractivity contribution is -0.118. The van der Waals surface area contributed by atoms with E-state index in [4.69, 9.17) is 0 Å². The second kappa shape index (κ2) is 6.64. The van der Waals surface area contributed by atoms with Crippen molar-refractivity contribution in [2.24, 2.45) is 5.92 Å². The minimum absolute atomic E-state index is 0.134. The zero-order chi connectivity index (χ0) is 18.1. The molecule has 3 rings (SSSR count). The van der Waals surface area contributed by atoms with Gasteiger partial charge in [0.2, 0.25) is 11.9 Å². The van der Waals surface area contributed by atoms with Gasteiger partial charge >= 0.3 is 0 Å². The molecule has 25 heavy (non-hydrogen) atoms. The molecule has 0 fully saturated rings. The van der Waals surface area contributed by atoms with Gasteiger partial charge in [0.1, 0.15) is 11.5 Å². The van der Waals surface area contributed by atoms with Gasteiger partial charge in [-0.15, -0.1) is 11.3 Å². The van der Waals surface area contributed by atoms with Crippen molar-refractivity contribution in [3.63, 3.8) is 0 Å². The number of aromatic nitrogens is 4. The lowest BCUT2D eigenvalue weighted by atomic mass is 10.2. The van der Waals surface area contributed by atoms with Crippen LogP contribution in [0.5, 0.6) is 0 Å². The minimum Gasteiger partial charge on any atom is -0.310 e. The van der Waals surface area contributed by atoms with Crippen LogP contribution in [-0.2, 0) is 4.79 Å². The molecule has 3 aromatic rings. The van der Waals surface area contributed by atoms with Crippen LogP contribution in [0.4, 0.5) is 5.82 Å². The van der Waals surface area contributed by atoms with Gasteiger partial charge < -0.3 is 5.32 Å². The van der Waals surface area contributed by atoms with Gasteiger partial charge in [0.05, 0.1) is 4.88 Å². The van der Waals surface area contributed by atoms with Gasteiger partial charge in [-0.3, -0.25) is 14.6 Å². The fourth-order valence-electron chi connectivity index (χ4n) is 2.18. The summed E-state index contributed by atoms with van der Waals surface area (Å²) in [5.41, 5.74) is 1.65. The third kappa shape index (κ3) is 3.39. The summed E-state index contributed by atoms with van der Waals surface area (Å²) < 4.78 is 1.46. The topological polar surface area (TPSA) is 92.7 Å². The lowest BCUT2D eigenvalue weighted by Crippen LogP contribution is -2.22. The number of nitrogens with zero attached hydrogens (tertiary/aromatic N) is 3. The Bertz CT molecular complexity index is 970. The molecule has 1 amide bonds. The van der Waals surface area contributed by atoms with Crippen LogP contribution in [0, 0.1) is 19.8 Å². The average Bonchev–Trinajstić information content (AvgIpc) is 3.21. The van der Waals surface area contributed by atoms with Crippen LogP contribution in [-0.4, -0.2) is 25.7 Å². The van der Waals surface area contributed by atoms with Crippen molar-refractivity contribution in [1.82, 2.24) is 19.7 Å². The molecule has 0 aromatic carbocycles. The van der Waals surface area contributed by atoms with Crippen LogP contribution in [0.2, 0.25) is 0 Å². The molecule has 0 aliphatic heterocycles. The first-order chi connectivity index (χ1) is 11.9. The van der Waals surface area contributed by atoms with Gasteiger partial charge in [0, 0.05) is 23.2 Å². The highest BCUT2D eigenvalue weighted by Crippen LogP contribution is 2.27. The van der Waals surface area contributed by atoms with Gasteiger partial charge in [-0.2, -0.15) is 9.78 Å². The second-order valence-electron chi connectivity index (χ2n) is 6.05. The Labute approximate surface area is 148 Å². The number of thiophene rings is 1. The number of amides is 1. The maximum atomic E-state index is 12.1. The molecule has 0 spiro atoms. The Hall–Kier alpha value is -2.74. The molecule has 0 saturated heterocycles. The summed E-state index contributed by atoms with van der Waals surface area (Å²) in [6, 6.07) is 5.66. The van der Waals surface area contributed by atoms with Gasteiger partial charge in [0.15, 0.2) is 0 Å². The van der Waals surface area contributed by atoms with Crippen LogP contribution in [0.1, 0.15) is 25.1 Å². The van der Waals surface area contributed by atoms with Crippen molar-refractivity contribution < 1.29 is 4.79 Å². The smallest absolute Gasteiger partial charge is 0.255 e. The van der Waals surface area contributed by atoms with Crippen LogP contribution in [0.3, 0.4) is 0 Å². The van der Waals surface area contributed by atoms with Crippen molar-refractivity contribution in [2.45, 2.75) is 27.7 Å². The number of nitrogens with one attached hydrogen (secondary N) is 2. The van der Waals surface area contributed by atoms with E-state index in [0.717, 1.165) is 4.88 Å². The number of carbonyl (C=O) groups excluding carboxylic acids is 1. The largest absolute Gasteiger partial charge is 0.310 e. The molecule has 2 N–H and O–H groups in total. The third-order valence-corrected chi connectivity index (χ3v) is 4.73. The number of aryl methyl sites for hydroxylation is 1. The van der Waals surface area contributed by atoms with E-state index in [0.29, 0.717) is 22.8 Å². The molecule has 7 nitrogen and oxygen atoms in total. The Morgan fingerprint density at radius 1 is 1.36 bits per heavy atom. The summed E-state index contributed by atoms with van der Waals surface area (Å²) in [6.07, 6.45) is 0. The summed E-state index contributed by atoms with van der Waals surface area (Å²) >= 11 is 1.55. The molecular formula is C17H19N5O2S. The number of hydrogen-bond acceptors (Lipinski definition) is 5. The fraction of sp³-hybridized carbons (Fsp3) is 0.294. The van der Waals surface area contributed by atoms with Gasteiger partial charge in [-0.05, 0) is 25.3 Å². The van der Waals surface area contributed by atoms with E-state index in [1.54, 1.807) is 31.3 Å². The quantitative estimate of drug-likeness (QED) is 0.751. The standard InChI is InChI=1S/C17H19N5O2S/c1-9(2)15(23)19-14-8-12(13-6-5-7-25-13)21-22(14)17-18-11(4)10(3)16(24)20-17/h5-9H,1-4H3,(H,19,23)(H,18,20,24). The Kier molecular flexibility index (Phi) is 4.54. The molecule has 3 aromatic heterocycles. The summed E-state index contributed by atoms with van der Waals surface area (Å²) in [5.74, 6) is 0.425. The summed E-state index contributed by atoms with van der Waals surface area (Å²) in [6.45, 7) is 7.11. The first kappa shape index (κ1) is 17.1. The number of H-pyrrole nitrogens is 1. The predicted molar refractivity (Wildman–Crippen MR) is 98.2 cm³/mol. The highest BCUT2D eigenvalue weighted by Gasteiger charge is 2.18. The number of anilines is 1. The summed E-state index contributed by atoms with van der Waals surface area (Å²) in [5, 5.41) is 9.33. The molecule has 0 bridgehead atoms. The maximum Gasteiger partial charge on any atom is 0.255 e. The van der Waals surface area contributed by atoms with Gasteiger partial charge in [0.25, 0.3) is 5.56 Å². The monoisotopic (exact) mass is 357 g/mol. The SMILES string of the molecule is Cc1nc(-n2nc(-c3cccs3)cc2NC(=O)C(C)C)[nH]c(=O)c1C. The van der Waals surface area contributed by atoms with E-state index < -0.39 is 0 Å². The molecule has 0 aliphatic carbocycles. The number of rotatable bonds is 4. The minimum atomic E-state index is -0.225. The van der Waals surface area contributed by atoms with Crippen molar-refractivity contribution in [3.05, 3.63) is 45.2 Å². The van der Waals surface area contributed by atoms with Crippen LogP contribution >= 0.6 is 11.3 Å². The highest BCUT2D eigenvalue weighted by atomic mass is 32.1. The van der Waals surface area contributed by atoms with E-state index in [1.165, 1.54) is 4.68 Å². The molecule has 0 atom stereocenters.